The molecule has 2 heterocycles. The Morgan fingerprint density at radius 2 is 1.77 bits per heavy atom. The van der Waals surface area contributed by atoms with E-state index >= 15 is 0 Å². The zero-order valence-electron chi connectivity index (χ0n) is 15.8. The zero-order valence-corrected chi connectivity index (χ0v) is 15.8. The molecule has 7 nitrogen and oxygen atoms in total. The average molecular weight is 353 g/mol. The van der Waals surface area contributed by atoms with Crippen LogP contribution in [0.5, 0.6) is 11.5 Å². The van der Waals surface area contributed by atoms with Gasteiger partial charge in [-0.2, -0.15) is 5.10 Å². The summed E-state index contributed by atoms with van der Waals surface area (Å²) >= 11 is 0. The Balaban J connectivity index is 1.97. The molecular weight excluding hydrogens is 330 g/mol. The van der Waals surface area contributed by atoms with Crippen molar-refractivity contribution in [3.8, 4) is 22.9 Å². The standard InChI is InChI=1S/C19H23N5O2/c1-10-17(11(2)24(3)23-10)19-21-14-9-16(26-5)15(25-4)8-13(14)18(22-19)20-12-6-7-12/h8-9,12H,6-7H2,1-5H3,(H,20,21,22). The van der Waals surface area contributed by atoms with Crippen molar-refractivity contribution < 1.29 is 9.47 Å². The van der Waals surface area contributed by atoms with Gasteiger partial charge in [0.2, 0.25) is 0 Å². The molecule has 0 atom stereocenters. The fourth-order valence-electron chi connectivity index (χ4n) is 3.20. The fraction of sp³-hybridized carbons (Fsp3) is 0.421. The van der Waals surface area contributed by atoms with Crippen molar-refractivity contribution in [2.75, 3.05) is 19.5 Å². The molecule has 0 saturated heterocycles. The number of aromatic nitrogens is 4. The SMILES string of the molecule is COc1cc2nc(-c3c(C)nn(C)c3C)nc(NC3CC3)c2cc1OC. The Morgan fingerprint density at radius 1 is 1.08 bits per heavy atom. The number of ether oxygens (including phenoxy) is 2. The molecule has 1 N–H and O–H groups in total. The number of aryl methyl sites for hydroxylation is 2. The summed E-state index contributed by atoms with van der Waals surface area (Å²) in [5, 5.41) is 8.96. The molecule has 1 aromatic carbocycles. The van der Waals surface area contributed by atoms with Crippen molar-refractivity contribution in [3.05, 3.63) is 23.5 Å². The summed E-state index contributed by atoms with van der Waals surface area (Å²) in [6.45, 7) is 4.02. The Hall–Kier alpha value is -2.83. The molecule has 3 aromatic rings. The summed E-state index contributed by atoms with van der Waals surface area (Å²) in [4.78, 5) is 9.66. The van der Waals surface area contributed by atoms with Crippen LogP contribution in [0.25, 0.3) is 22.3 Å². The predicted octanol–water partition coefficient (Wildman–Crippen LogP) is 3.24. The highest BCUT2D eigenvalue weighted by Gasteiger charge is 2.24. The highest BCUT2D eigenvalue weighted by Crippen LogP contribution is 2.37. The minimum Gasteiger partial charge on any atom is -0.493 e. The first kappa shape index (κ1) is 16.6. The van der Waals surface area contributed by atoms with Crippen molar-refractivity contribution in [3.63, 3.8) is 0 Å². The van der Waals surface area contributed by atoms with Crippen LogP contribution in [-0.4, -0.2) is 40.0 Å². The summed E-state index contributed by atoms with van der Waals surface area (Å²) in [5.74, 6) is 2.83. The lowest BCUT2D eigenvalue weighted by Crippen LogP contribution is -2.06. The van der Waals surface area contributed by atoms with Crippen LogP contribution in [-0.2, 0) is 7.05 Å². The van der Waals surface area contributed by atoms with Gasteiger partial charge in [0, 0.05) is 30.2 Å². The minimum atomic E-state index is 0.477. The van der Waals surface area contributed by atoms with E-state index in [0.717, 1.165) is 33.7 Å². The third kappa shape index (κ3) is 2.73. The Labute approximate surface area is 152 Å². The van der Waals surface area contributed by atoms with Crippen molar-refractivity contribution >= 4 is 16.7 Å². The molecule has 1 aliphatic carbocycles. The number of nitrogens with one attached hydrogen (secondary N) is 1. The molecule has 136 valence electrons. The Morgan fingerprint density at radius 3 is 2.35 bits per heavy atom. The zero-order chi connectivity index (χ0) is 18.4. The molecule has 0 aliphatic heterocycles. The number of methoxy groups -OCH3 is 2. The summed E-state index contributed by atoms with van der Waals surface area (Å²) in [5.41, 5.74) is 3.75. The van der Waals surface area contributed by atoms with E-state index in [9.17, 15) is 0 Å². The molecule has 1 fully saturated rings. The molecule has 1 aliphatic rings. The van der Waals surface area contributed by atoms with Gasteiger partial charge in [0.25, 0.3) is 0 Å². The maximum atomic E-state index is 5.45. The van der Waals surface area contributed by atoms with Gasteiger partial charge in [-0.3, -0.25) is 4.68 Å². The molecule has 0 spiro atoms. The normalized spacial score (nSPS) is 13.9. The van der Waals surface area contributed by atoms with E-state index in [-0.39, 0.29) is 0 Å². The summed E-state index contributed by atoms with van der Waals surface area (Å²) in [6, 6.07) is 4.31. The third-order valence-corrected chi connectivity index (χ3v) is 4.85. The number of hydrogen-bond acceptors (Lipinski definition) is 6. The van der Waals surface area contributed by atoms with Crippen LogP contribution < -0.4 is 14.8 Å². The maximum Gasteiger partial charge on any atom is 0.165 e. The monoisotopic (exact) mass is 353 g/mol. The first-order chi connectivity index (χ1) is 12.5. The molecule has 4 rings (SSSR count). The average Bonchev–Trinajstić information content (AvgIpc) is 3.40. The van der Waals surface area contributed by atoms with E-state index in [0.29, 0.717) is 23.4 Å². The van der Waals surface area contributed by atoms with Gasteiger partial charge < -0.3 is 14.8 Å². The number of fused-ring (bicyclic) bond motifs is 1. The van der Waals surface area contributed by atoms with E-state index in [1.165, 1.54) is 12.8 Å². The molecule has 1 saturated carbocycles. The van der Waals surface area contributed by atoms with Crippen LogP contribution in [0.3, 0.4) is 0 Å². The molecule has 0 unspecified atom stereocenters. The summed E-state index contributed by atoms with van der Waals surface area (Å²) in [6.07, 6.45) is 2.33. The van der Waals surface area contributed by atoms with Gasteiger partial charge in [-0.15, -0.1) is 0 Å². The van der Waals surface area contributed by atoms with E-state index in [1.54, 1.807) is 14.2 Å². The molecule has 2 aromatic heterocycles. The van der Waals surface area contributed by atoms with Gasteiger partial charge in [-0.25, -0.2) is 9.97 Å². The molecule has 7 heteroatoms. The van der Waals surface area contributed by atoms with Gasteiger partial charge in [-0.05, 0) is 32.8 Å². The quantitative estimate of drug-likeness (QED) is 0.759. The van der Waals surface area contributed by atoms with E-state index in [2.05, 4.69) is 10.4 Å². The van der Waals surface area contributed by atoms with Crippen LogP contribution in [0.1, 0.15) is 24.2 Å². The highest BCUT2D eigenvalue weighted by atomic mass is 16.5. The second kappa shape index (κ2) is 6.16. The van der Waals surface area contributed by atoms with Gasteiger partial charge in [0.1, 0.15) is 5.82 Å². The van der Waals surface area contributed by atoms with Gasteiger partial charge in [0.05, 0.1) is 31.0 Å². The van der Waals surface area contributed by atoms with Crippen LogP contribution in [0, 0.1) is 13.8 Å². The van der Waals surface area contributed by atoms with Crippen molar-refractivity contribution in [2.24, 2.45) is 7.05 Å². The number of nitrogens with zero attached hydrogens (tertiary/aromatic N) is 4. The van der Waals surface area contributed by atoms with Gasteiger partial charge in [-0.1, -0.05) is 0 Å². The molecule has 0 radical (unpaired) electrons. The van der Waals surface area contributed by atoms with Gasteiger partial charge in [0.15, 0.2) is 17.3 Å². The minimum absolute atomic E-state index is 0.477. The molecule has 26 heavy (non-hydrogen) atoms. The third-order valence-electron chi connectivity index (χ3n) is 4.85. The van der Waals surface area contributed by atoms with Crippen molar-refractivity contribution in [1.82, 2.24) is 19.7 Å². The first-order valence-corrected chi connectivity index (χ1v) is 8.72. The molecule has 0 bridgehead atoms. The summed E-state index contributed by atoms with van der Waals surface area (Å²) < 4.78 is 12.8. The van der Waals surface area contributed by atoms with Crippen LogP contribution in [0.15, 0.2) is 12.1 Å². The fourth-order valence-corrected chi connectivity index (χ4v) is 3.20. The van der Waals surface area contributed by atoms with Crippen LogP contribution >= 0.6 is 0 Å². The van der Waals surface area contributed by atoms with Crippen LogP contribution in [0.2, 0.25) is 0 Å². The maximum absolute atomic E-state index is 5.45. The van der Waals surface area contributed by atoms with Crippen LogP contribution in [0.4, 0.5) is 5.82 Å². The topological polar surface area (TPSA) is 74.1 Å². The lowest BCUT2D eigenvalue weighted by molar-refractivity contribution is 0.356. The van der Waals surface area contributed by atoms with E-state index in [4.69, 9.17) is 19.4 Å². The van der Waals surface area contributed by atoms with Crippen molar-refractivity contribution in [2.45, 2.75) is 32.7 Å². The number of anilines is 1. The predicted molar refractivity (Wildman–Crippen MR) is 101 cm³/mol. The van der Waals surface area contributed by atoms with E-state index in [1.807, 2.05) is 37.7 Å². The number of hydrogen-bond donors (Lipinski definition) is 1. The largest absolute Gasteiger partial charge is 0.493 e. The van der Waals surface area contributed by atoms with Crippen molar-refractivity contribution in [1.29, 1.82) is 0 Å². The smallest absolute Gasteiger partial charge is 0.165 e. The Kier molecular flexibility index (Phi) is 3.94. The second-order valence-corrected chi connectivity index (χ2v) is 6.71. The molecule has 0 amide bonds. The summed E-state index contributed by atoms with van der Waals surface area (Å²) in [7, 11) is 5.20. The lowest BCUT2D eigenvalue weighted by atomic mass is 10.1. The van der Waals surface area contributed by atoms with E-state index < -0.39 is 0 Å². The number of rotatable bonds is 5. The lowest BCUT2D eigenvalue weighted by Gasteiger charge is -2.14. The highest BCUT2D eigenvalue weighted by molar-refractivity contribution is 5.93. The first-order valence-electron chi connectivity index (χ1n) is 8.72. The Bertz CT molecular complexity index is 991. The second-order valence-electron chi connectivity index (χ2n) is 6.71. The number of benzene rings is 1. The van der Waals surface area contributed by atoms with Gasteiger partial charge >= 0.3 is 0 Å². The molecular formula is C19H23N5O2.